The van der Waals surface area contributed by atoms with E-state index in [4.69, 9.17) is 18.9 Å². The van der Waals surface area contributed by atoms with Crippen LogP contribution in [0.4, 0.5) is 0 Å². The molecule has 9 N–H and O–H groups in total. The zero-order valence-corrected chi connectivity index (χ0v) is 46.1. The minimum absolute atomic E-state index is 0.259. The lowest BCUT2D eigenvalue weighted by Crippen LogP contribution is -2.65. The number of aliphatic hydroxyl groups excluding tert-OH is 8. The van der Waals surface area contributed by atoms with Crippen LogP contribution >= 0.6 is 0 Å². The van der Waals surface area contributed by atoms with Gasteiger partial charge in [0.15, 0.2) is 12.6 Å². The summed E-state index contributed by atoms with van der Waals surface area (Å²) in [6, 6.07) is -0.944. The van der Waals surface area contributed by atoms with Crippen LogP contribution in [0.15, 0.2) is 60.8 Å². The Labute approximate surface area is 447 Å². The van der Waals surface area contributed by atoms with E-state index in [1.54, 1.807) is 6.08 Å². The van der Waals surface area contributed by atoms with Crippen LogP contribution in [0.1, 0.15) is 219 Å². The third-order valence-corrected chi connectivity index (χ3v) is 14.2. The quantitative estimate of drug-likeness (QED) is 0.0205. The van der Waals surface area contributed by atoms with Crippen molar-refractivity contribution in [2.24, 2.45) is 0 Å². The molecule has 12 unspecified atom stereocenters. The van der Waals surface area contributed by atoms with Gasteiger partial charge in [-0.1, -0.05) is 197 Å². The molecular weight excluding hydrogens is 943 g/mol. The molecule has 2 fully saturated rings. The Morgan fingerprint density at radius 1 is 0.486 bits per heavy atom. The molecule has 2 aliphatic heterocycles. The van der Waals surface area contributed by atoms with E-state index in [-0.39, 0.29) is 18.9 Å². The molecule has 12 atom stereocenters. The molecular formula is C60H107NO13. The van der Waals surface area contributed by atoms with Crippen molar-refractivity contribution in [1.29, 1.82) is 0 Å². The fraction of sp³-hybridized carbons (Fsp3) is 0.817. The number of hydrogen-bond acceptors (Lipinski definition) is 13. The predicted molar refractivity (Wildman–Crippen MR) is 295 cm³/mol. The zero-order chi connectivity index (χ0) is 53.9. The standard InChI is InChI=1S/C60H107NO13/c1-3-5-7-9-11-13-15-17-19-21-22-23-24-25-26-28-29-31-33-35-37-39-41-43-49(64)48(61-52(65)44-42-40-38-36-34-32-30-27-20-18-16-14-12-10-8-6-4-2)47-71-59-57(70)55(68)58(51(46-63)73-59)74-60-56(69)54(67)53(66)50(45-62)72-60/h12,14,18,20,26,28,33,35,41,43,48-51,53-60,62-64,66-70H,3-11,13,15-17,19,21-25,27,29-32,34,36-40,42,44-47H2,1-2H3,(H,61,65)/b14-12-,20-18-,28-26+,35-33+,43-41+. The van der Waals surface area contributed by atoms with Crippen molar-refractivity contribution in [3.8, 4) is 0 Å². The van der Waals surface area contributed by atoms with Gasteiger partial charge in [0, 0.05) is 6.42 Å². The van der Waals surface area contributed by atoms with Crippen LogP contribution in [0.5, 0.6) is 0 Å². The summed E-state index contributed by atoms with van der Waals surface area (Å²) in [6.45, 7) is 2.74. The first-order valence-corrected chi connectivity index (χ1v) is 29.5. The van der Waals surface area contributed by atoms with E-state index < -0.39 is 86.8 Å². The van der Waals surface area contributed by atoms with Gasteiger partial charge in [0.1, 0.15) is 48.8 Å². The van der Waals surface area contributed by atoms with Crippen LogP contribution in [-0.4, -0.2) is 140 Å². The number of aliphatic hydroxyl groups is 8. The van der Waals surface area contributed by atoms with Crippen LogP contribution < -0.4 is 5.32 Å². The van der Waals surface area contributed by atoms with Crippen molar-refractivity contribution < 1.29 is 64.6 Å². The summed E-state index contributed by atoms with van der Waals surface area (Å²) in [6.07, 6.45) is 41.1. The Morgan fingerprint density at radius 3 is 1.43 bits per heavy atom. The number of carbonyl (C=O) groups is 1. The second kappa shape index (κ2) is 45.7. The number of nitrogens with one attached hydrogen (secondary N) is 1. The summed E-state index contributed by atoms with van der Waals surface area (Å²) in [4.78, 5) is 13.2. The number of unbranched alkanes of at least 4 members (excludes halogenated alkanes) is 25. The van der Waals surface area contributed by atoms with Gasteiger partial charge in [-0.2, -0.15) is 0 Å². The fourth-order valence-corrected chi connectivity index (χ4v) is 9.35. The van der Waals surface area contributed by atoms with Crippen molar-refractivity contribution in [3.63, 3.8) is 0 Å². The van der Waals surface area contributed by atoms with Crippen molar-refractivity contribution in [3.05, 3.63) is 60.8 Å². The minimum atomic E-state index is -1.79. The molecule has 2 heterocycles. The SMILES string of the molecule is CCCCC/C=C\C/C=C\CCCCCCCCCC(=O)NC(COC1OC(CO)C(OC2OC(CO)C(O)C(O)C2O)C(O)C1O)C(O)/C=C/CC/C=C/CC/C=C/CCCCCCCCCCCCCCC. The molecule has 0 bridgehead atoms. The highest BCUT2D eigenvalue weighted by molar-refractivity contribution is 5.76. The summed E-state index contributed by atoms with van der Waals surface area (Å²) in [5.74, 6) is -0.263. The molecule has 14 heteroatoms. The lowest BCUT2D eigenvalue weighted by Gasteiger charge is -2.46. The number of carbonyl (C=O) groups excluding carboxylic acids is 1. The predicted octanol–water partition coefficient (Wildman–Crippen LogP) is 9.78. The van der Waals surface area contributed by atoms with Crippen molar-refractivity contribution >= 4 is 5.91 Å². The first-order chi connectivity index (χ1) is 36.1. The smallest absolute Gasteiger partial charge is 0.220 e. The number of amides is 1. The number of allylic oxidation sites excluding steroid dienone is 9. The first kappa shape index (κ1) is 67.8. The van der Waals surface area contributed by atoms with E-state index >= 15 is 0 Å². The monoisotopic (exact) mass is 1050 g/mol. The van der Waals surface area contributed by atoms with Crippen LogP contribution in [0.2, 0.25) is 0 Å². The Balaban J connectivity index is 1.81. The topological polar surface area (TPSA) is 228 Å². The van der Waals surface area contributed by atoms with Crippen molar-refractivity contribution in [2.75, 3.05) is 19.8 Å². The Morgan fingerprint density at radius 2 is 0.905 bits per heavy atom. The van der Waals surface area contributed by atoms with Gasteiger partial charge >= 0.3 is 0 Å². The lowest BCUT2D eigenvalue weighted by molar-refractivity contribution is -0.359. The van der Waals surface area contributed by atoms with E-state index in [0.29, 0.717) is 12.8 Å². The Kier molecular flexibility index (Phi) is 41.9. The molecule has 0 aromatic heterocycles. The van der Waals surface area contributed by atoms with Crippen LogP contribution in [0, 0.1) is 0 Å². The van der Waals surface area contributed by atoms with Gasteiger partial charge in [0.05, 0.1) is 32.0 Å². The van der Waals surface area contributed by atoms with Gasteiger partial charge in [-0.05, 0) is 77.0 Å². The molecule has 14 nitrogen and oxygen atoms in total. The van der Waals surface area contributed by atoms with E-state index in [0.717, 1.165) is 64.2 Å². The highest BCUT2D eigenvalue weighted by Crippen LogP contribution is 2.30. The summed E-state index contributed by atoms with van der Waals surface area (Å²) >= 11 is 0. The van der Waals surface area contributed by atoms with E-state index in [9.17, 15) is 45.6 Å². The van der Waals surface area contributed by atoms with E-state index in [1.807, 2.05) is 6.08 Å². The van der Waals surface area contributed by atoms with Gasteiger partial charge in [0.25, 0.3) is 0 Å². The number of hydrogen-bond donors (Lipinski definition) is 9. The second-order valence-corrected chi connectivity index (χ2v) is 20.7. The maximum Gasteiger partial charge on any atom is 0.220 e. The molecule has 2 rings (SSSR count). The third-order valence-electron chi connectivity index (χ3n) is 14.2. The average Bonchev–Trinajstić information content (AvgIpc) is 3.40. The molecule has 0 radical (unpaired) electrons. The van der Waals surface area contributed by atoms with Gasteiger partial charge in [-0.15, -0.1) is 0 Å². The van der Waals surface area contributed by atoms with Crippen LogP contribution in [0.3, 0.4) is 0 Å². The normalized spacial score (nSPS) is 25.6. The molecule has 0 aromatic rings. The Bertz CT molecular complexity index is 1470. The van der Waals surface area contributed by atoms with Crippen LogP contribution in [-0.2, 0) is 23.7 Å². The maximum atomic E-state index is 13.2. The first-order valence-electron chi connectivity index (χ1n) is 29.5. The fourth-order valence-electron chi connectivity index (χ4n) is 9.35. The molecule has 74 heavy (non-hydrogen) atoms. The molecule has 0 aliphatic carbocycles. The maximum absolute atomic E-state index is 13.2. The highest BCUT2D eigenvalue weighted by Gasteiger charge is 2.51. The number of rotatable bonds is 46. The molecule has 0 spiro atoms. The van der Waals surface area contributed by atoms with E-state index in [1.165, 1.54) is 122 Å². The summed E-state index contributed by atoms with van der Waals surface area (Å²) < 4.78 is 22.7. The zero-order valence-electron chi connectivity index (χ0n) is 46.1. The van der Waals surface area contributed by atoms with Crippen LogP contribution in [0.25, 0.3) is 0 Å². The van der Waals surface area contributed by atoms with Gasteiger partial charge in [-0.25, -0.2) is 0 Å². The lowest BCUT2D eigenvalue weighted by atomic mass is 9.97. The molecule has 2 aliphatic rings. The van der Waals surface area contributed by atoms with Gasteiger partial charge < -0.3 is 65.1 Å². The summed E-state index contributed by atoms with van der Waals surface area (Å²) in [5, 5.41) is 87.0. The summed E-state index contributed by atoms with van der Waals surface area (Å²) in [7, 11) is 0. The molecule has 2 saturated heterocycles. The molecule has 1 amide bonds. The van der Waals surface area contributed by atoms with Gasteiger partial charge in [-0.3, -0.25) is 4.79 Å². The third kappa shape index (κ3) is 31.2. The minimum Gasteiger partial charge on any atom is -0.394 e. The average molecular weight is 1050 g/mol. The molecule has 0 saturated carbocycles. The van der Waals surface area contributed by atoms with Gasteiger partial charge in [0.2, 0.25) is 5.91 Å². The summed E-state index contributed by atoms with van der Waals surface area (Å²) in [5.41, 5.74) is 0. The van der Waals surface area contributed by atoms with E-state index in [2.05, 4.69) is 67.8 Å². The highest BCUT2D eigenvalue weighted by atomic mass is 16.7. The van der Waals surface area contributed by atoms with Crippen molar-refractivity contribution in [2.45, 2.75) is 293 Å². The molecule has 430 valence electrons. The molecule has 0 aromatic carbocycles. The largest absolute Gasteiger partial charge is 0.394 e. The number of ether oxygens (including phenoxy) is 4. The second-order valence-electron chi connectivity index (χ2n) is 20.7. The Hall–Kier alpha value is -2.31. The van der Waals surface area contributed by atoms with Crippen molar-refractivity contribution in [1.82, 2.24) is 5.32 Å².